The van der Waals surface area contributed by atoms with Crippen LogP contribution in [0.2, 0.25) is 5.15 Å². The van der Waals surface area contributed by atoms with E-state index in [1.807, 2.05) is 6.07 Å². The number of pyridine rings is 1. The lowest BCUT2D eigenvalue weighted by molar-refractivity contribution is -0.155. The molecule has 0 spiro atoms. The zero-order chi connectivity index (χ0) is 18.6. The molecule has 0 fully saturated rings. The highest BCUT2D eigenvalue weighted by molar-refractivity contribution is 6.29. The van der Waals surface area contributed by atoms with Crippen molar-refractivity contribution >= 4 is 40.6 Å². The number of fused-ring (bicyclic) bond motifs is 1. The summed E-state index contributed by atoms with van der Waals surface area (Å²) in [5, 5.41) is 1.12. The van der Waals surface area contributed by atoms with Gasteiger partial charge in [-0.05, 0) is 52.0 Å². The second-order valence-electron chi connectivity index (χ2n) is 6.37. The average Bonchev–Trinajstić information content (AvgIpc) is 2.81. The van der Waals surface area contributed by atoms with Gasteiger partial charge in [0, 0.05) is 17.2 Å². The van der Waals surface area contributed by atoms with Crippen LogP contribution in [0.1, 0.15) is 33.4 Å². The van der Waals surface area contributed by atoms with Gasteiger partial charge in [-0.25, -0.2) is 9.78 Å². The fourth-order valence-corrected chi connectivity index (χ4v) is 2.42. The first kappa shape index (κ1) is 19.0. The number of hydrogen-bond acceptors (Lipinski definition) is 5. The molecule has 0 N–H and O–H groups in total. The number of carbonyl (C=O) groups excluding carboxylic acids is 2. The normalized spacial score (nSPS) is 11.9. The summed E-state index contributed by atoms with van der Waals surface area (Å²) in [4.78, 5) is 28.1. The highest BCUT2D eigenvalue weighted by Crippen LogP contribution is 2.22. The Hall–Kier alpha value is -2.34. The van der Waals surface area contributed by atoms with Crippen LogP contribution in [-0.4, -0.2) is 33.7 Å². The molecule has 0 saturated carbocycles. The van der Waals surface area contributed by atoms with Crippen LogP contribution in [0.4, 0.5) is 0 Å². The molecule has 134 valence electrons. The number of hydrogen-bond donors (Lipinski definition) is 0. The number of aromatic nitrogens is 2. The van der Waals surface area contributed by atoms with Crippen molar-refractivity contribution in [2.75, 3.05) is 6.61 Å². The van der Waals surface area contributed by atoms with Crippen molar-refractivity contribution < 1.29 is 19.1 Å². The predicted octanol–water partition coefficient (Wildman–Crippen LogP) is 3.61. The average molecular weight is 365 g/mol. The van der Waals surface area contributed by atoms with Crippen molar-refractivity contribution in [2.45, 2.75) is 39.8 Å². The van der Waals surface area contributed by atoms with Crippen LogP contribution in [0.15, 0.2) is 24.3 Å². The van der Waals surface area contributed by atoms with Crippen LogP contribution in [0.3, 0.4) is 0 Å². The molecule has 7 heteroatoms. The molecule has 0 radical (unpaired) electrons. The zero-order valence-corrected chi connectivity index (χ0v) is 15.5. The molecule has 0 aromatic carbocycles. The van der Waals surface area contributed by atoms with Crippen LogP contribution >= 0.6 is 11.6 Å². The van der Waals surface area contributed by atoms with Crippen LogP contribution in [0, 0.1) is 0 Å². The highest BCUT2D eigenvalue weighted by atomic mass is 35.5. The Labute approximate surface area is 151 Å². The maximum absolute atomic E-state index is 12.2. The molecule has 0 unspecified atom stereocenters. The summed E-state index contributed by atoms with van der Waals surface area (Å²) in [6, 6.07) is 5.29. The SMILES string of the molecule is CCOC(=O)C=Cc1cc2ccc(Cl)nc2n1CC(=O)OC(C)(C)C. The number of carbonyl (C=O) groups is 2. The molecule has 6 nitrogen and oxygen atoms in total. The molecule has 0 aliphatic rings. The number of rotatable bonds is 5. The van der Waals surface area contributed by atoms with Gasteiger partial charge < -0.3 is 14.0 Å². The van der Waals surface area contributed by atoms with Crippen molar-refractivity contribution in [1.29, 1.82) is 0 Å². The van der Waals surface area contributed by atoms with Gasteiger partial charge in [0.15, 0.2) is 0 Å². The Morgan fingerprint density at radius 2 is 2.04 bits per heavy atom. The maximum atomic E-state index is 12.2. The number of esters is 2. The first-order chi connectivity index (χ1) is 11.7. The summed E-state index contributed by atoms with van der Waals surface area (Å²) in [6.07, 6.45) is 2.89. The first-order valence-electron chi connectivity index (χ1n) is 7.92. The van der Waals surface area contributed by atoms with E-state index >= 15 is 0 Å². The Kier molecular flexibility index (Phi) is 5.85. The van der Waals surface area contributed by atoms with Gasteiger partial charge in [0.1, 0.15) is 22.9 Å². The van der Waals surface area contributed by atoms with Gasteiger partial charge >= 0.3 is 11.9 Å². The van der Waals surface area contributed by atoms with E-state index in [0.717, 1.165) is 5.39 Å². The Morgan fingerprint density at radius 3 is 2.68 bits per heavy atom. The fourth-order valence-electron chi connectivity index (χ4n) is 2.28. The third-order valence-electron chi connectivity index (χ3n) is 3.13. The summed E-state index contributed by atoms with van der Waals surface area (Å²) in [7, 11) is 0. The van der Waals surface area contributed by atoms with E-state index in [0.29, 0.717) is 23.1 Å². The van der Waals surface area contributed by atoms with Crippen molar-refractivity contribution in [1.82, 2.24) is 9.55 Å². The lowest BCUT2D eigenvalue weighted by atomic mass is 10.2. The molecule has 0 atom stereocenters. The molecule has 2 rings (SSSR count). The van der Waals surface area contributed by atoms with Crippen molar-refractivity contribution in [3.8, 4) is 0 Å². The van der Waals surface area contributed by atoms with Crippen molar-refractivity contribution in [3.63, 3.8) is 0 Å². The number of halogens is 1. The maximum Gasteiger partial charge on any atom is 0.330 e. The van der Waals surface area contributed by atoms with Gasteiger partial charge in [0.25, 0.3) is 0 Å². The van der Waals surface area contributed by atoms with E-state index in [2.05, 4.69) is 4.98 Å². The molecule has 0 bridgehead atoms. The van der Waals surface area contributed by atoms with Gasteiger partial charge in [0.05, 0.1) is 6.61 Å². The second-order valence-corrected chi connectivity index (χ2v) is 6.76. The Bertz CT molecular complexity index is 818. The van der Waals surface area contributed by atoms with Gasteiger partial charge in [-0.2, -0.15) is 0 Å². The zero-order valence-electron chi connectivity index (χ0n) is 14.7. The topological polar surface area (TPSA) is 70.4 Å². The van der Waals surface area contributed by atoms with E-state index in [-0.39, 0.29) is 6.54 Å². The standard InChI is InChI=1S/C18H21ClN2O4/c1-5-24-15(22)9-7-13-10-12-6-8-14(19)20-17(12)21(13)11-16(23)25-18(2,3)4/h6-10H,5,11H2,1-4H3. The smallest absolute Gasteiger partial charge is 0.330 e. The quantitative estimate of drug-likeness (QED) is 0.460. The lowest BCUT2D eigenvalue weighted by Crippen LogP contribution is -2.26. The molecular weight excluding hydrogens is 344 g/mol. The van der Waals surface area contributed by atoms with Gasteiger partial charge in [-0.15, -0.1) is 0 Å². The van der Waals surface area contributed by atoms with E-state index < -0.39 is 17.5 Å². The minimum atomic E-state index is -0.591. The lowest BCUT2D eigenvalue weighted by Gasteiger charge is -2.20. The predicted molar refractivity (Wildman–Crippen MR) is 96.3 cm³/mol. The van der Waals surface area contributed by atoms with Gasteiger partial charge in [-0.1, -0.05) is 11.6 Å². The Balaban J connectivity index is 2.39. The monoisotopic (exact) mass is 364 g/mol. The van der Waals surface area contributed by atoms with Crippen LogP contribution in [-0.2, 0) is 25.6 Å². The summed E-state index contributed by atoms with van der Waals surface area (Å²) in [5.74, 6) is -0.861. The highest BCUT2D eigenvalue weighted by Gasteiger charge is 2.19. The van der Waals surface area contributed by atoms with Gasteiger partial charge in [0.2, 0.25) is 0 Å². The molecule has 2 aromatic rings. The minimum Gasteiger partial charge on any atom is -0.463 e. The molecular formula is C18H21ClN2O4. The molecule has 0 saturated heterocycles. The second kappa shape index (κ2) is 7.70. The van der Waals surface area contributed by atoms with Crippen molar-refractivity contribution in [3.05, 3.63) is 35.1 Å². The first-order valence-corrected chi connectivity index (χ1v) is 8.30. The molecule has 25 heavy (non-hydrogen) atoms. The van der Waals surface area contributed by atoms with E-state index in [1.54, 1.807) is 50.5 Å². The largest absolute Gasteiger partial charge is 0.463 e. The fraction of sp³-hybridized carbons (Fsp3) is 0.389. The van der Waals surface area contributed by atoms with Crippen molar-refractivity contribution in [2.24, 2.45) is 0 Å². The molecule has 0 aliphatic carbocycles. The number of ether oxygens (including phenoxy) is 2. The van der Waals surface area contributed by atoms with Crippen LogP contribution < -0.4 is 0 Å². The molecule has 2 heterocycles. The van der Waals surface area contributed by atoms with Gasteiger partial charge in [-0.3, -0.25) is 4.79 Å². The van der Waals surface area contributed by atoms with Crippen LogP contribution in [0.5, 0.6) is 0 Å². The van der Waals surface area contributed by atoms with E-state index in [9.17, 15) is 9.59 Å². The molecule has 0 amide bonds. The van der Waals surface area contributed by atoms with E-state index in [4.69, 9.17) is 21.1 Å². The molecule has 2 aromatic heterocycles. The van der Waals surface area contributed by atoms with E-state index in [1.165, 1.54) is 6.08 Å². The molecule has 0 aliphatic heterocycles. The third kappa shape index (κ3) is 5.32. The number of nitrogens with zero attached hydrogens (tertiary/aromatic N) is 2. The summed E-state index contributed by atoms with van der Waals surface area (Å²) >= 11 is 5.98. The third-order valence-corrected chi connectivity index (χ3v) is 3.34. The summed E-state index contributed by atoms with van der Waals surface area (Å²) in [5.41, 5.74) is 0.581. The summed E-state index contributed by atoms with van der Waals surface area (Å²) in [6.45, 7) is 7.38. The summed E-state index contributed by atoms with van der Waals surface area (Å²) < 4.78 is 11.9. The minimum absolute atomic E-state index is 0.0450. The Morgan fingerprint density at radius 1 is 1.32 bits per heavy atom. The van der Waals surface area contributed by atoms with Crippen LogP contribution in [0.25, 0.3) is 17.1 Å².